The van der Waals surface area contributed by atoms with E-state index in [4.69, 9.17) is 5.73 Å². The lowest BCUT2D eigenvalue weighted by atomic mass is 10.2. The second kappa shape index (κ2) is 4.58. The highest BCUT2D eigenvalue weighted by Gasteiger charge is 2.22. The highest BCUT2D eigenvalue weighted by Crippen LogP contribution is 2.26. The highest BCUT2D eigenvalue weighted by molar-refractivity contribution is 7.93. The number of nitrogen functional groups attached to an aromatic ring is 1. The average Bonchev–Trinajstić information content (AvgIpc) is 2.60. The van der Waals surface area contributed by atoms with Crippen LogP contribution in [0, 0.1) is 20.8 Å². The minimum Gasteiger partial charge on any atom is -0.398 e. The molecule has 0 aliphatic rings. The molecule has 0 bridgehead atoms. The van der Waals surface area contributed by atoms with Crippen molar-refractivity contribution in [3.8, 4) is 0 Å². The summed E-state index contributed by atoms with van der Waals surface area (Å²) in [5.74, 6) is 0. The van der Waals surface area contributed by atoms with Gasteiger partial charge in [0.2, 0.25) is 0 Å². The molecule has 0 saturated carbocycles. The molecule has 0 radical (unpaired) electrons. The maximum atomic E-state index is 12.4. The summed E-state index contributed by atoms with van der Waals surface area (Å²) >= 11 is 0. The maximum Gasteiger partial charge on any atom is 0.264 e. The Kier molecular flexibility index (Phi) is 3.23. The number of aromatic amines is 1. The first kappa shape index (κ1) is 13.4. The summed E-state index contributed by atoms with van der Waals surface area (Å²) < 4.78 is 27.4. The third-order valence-electron chi connectivity index (χ3n) is 2.88. The normalized spacial score (nSPS) is 11.5. The summed E-state index contributed by atoms with van der Waals surface area (Å²) in [6, 6.07) is 4.99. The van der Waals surface area contributed by atoms with Gasteiger partial charge in [0, 0.05) is 0 Å². The zero-order valence-corrected chi connectivity index (χ0v) is 11.8. The Balaban J connectivity index is 2.50. The molecule has 0 aliphatic carbocycles. The molecule has 2 rings (SSSR count). The Labute approximate surface area is 112 Å². The van der Waals surface area contributed by atoms with E-state index in [9.17, 15) is 8.42 Å². The van der Waals surface area contributed by atoms with Crippen LogP contribution in [-0.4, -0.2) is 18.6 Å². The lowest BCUT2D eigenvalue weighted by Gasteiger charge is -2.12. The standard InChI is InChI=1S/C12H16N4O2S/c1-7-5-4-6-10(13)12(7)19(17,18)16-11-8(2)14-15-9(11)3/h4-6,16H,13H2,1-3H3,(H,14,15). The summed E-state index contributed by atoms with van der Waals surface area (Å²) in [5.41, 5.74) is 8.31. The quantitative estimate of drug-likeness (QED) is 0.745. The van der Waals surface area contributed by atoms with Gasteiger partial charge in [-0.3, -0.25) is 9.82 Å². The van der Waals surface area contributed by atoms with Crippen LogP contribution in [0.1, 0.15) is 17.0 Å². The van der Waals surface area contributed by atoms with Crippen LogP contribution in [0.4, 0.5) is 11.4 Å². The van der Waals surface area contributed by atoms with E-state index in [1.807, 2.05) is 0 Å². The lowest BCUT2D eigenvalue weighted by molar-refractivity contribution is 0.601. The molecule has 1 aromatic carbocycles. The number of anilines is 2. The summed E-state index contributed by atoms with van der Waals surface area (Å²) in [4.78, 5) is 0.106. The summed E-state index contributed by atoms with van der Waals surface area (Å²) in [6.07, 6.45) is 0. The Morgan fingerprint density at radius 1 is 1.26 bits per heavy atom. The maximum absolute atomic E-state index is 12.4. The Morgan fingerprint density at radius 3 is 2.47 bits per heavy atom. The van der Waals surface area contributed by atoms with Gasteiger partial charge in [0.25, 0.3) is 10.0 Å². The molecule has 1 heterocycles. The van der Waals surface area contributed by atoms with Gasteiger partial charge in [-0.15, -0.1) is 0 Å². The van der Waals surface area contributed by atoms with Gasteiger partial charge < -0.3 is 5.73 Å². The monoisotopic (exact) mass is 280 g/mol. The van der Waals surface area contributed by atoms with Gasteiger partial charge in [-0.2, -0.15) is 5.10 Å². The predicted molar refractivity (Wildman–Crippen MR) is 74.5 cm³/mol. The van der Waals surface area contributed by atoms with Crippen molar-refractivity contribution in [2.24, 2.45) is 0 Å². The van der Waals surface area contributed by atoms with Crippen LogP contribution in [0.2, 0.25) is 0 Å². The van der Waals surface area contributed by atoms with Gasteiger partial charge in [-0.1, -0.05) is 12.1 Å². The molecule has 19 heavy (non-hydrogen) atoms. The van der Waals surface area contributed by atoms with E-state index in [1.165, 1.54) is 0 Å². The van der Waals surface area contributed by atoms with Gasteiger partial charge in [0.15, 0.2) is 0 Å². The molecule has 1 aromatic heterocycles. The largest absolute Gasteiger partial charge is 0.398 e. The van der Waals surface area contributed by atoms with Crippen LogP contribution in [0.5, 0.6) is 0 Å². The lowest BCUT2D eigenvalue weighted by Crippen LogP contribution is -2.17. The van der Waals surface area contributed by atoms with Crippen LogP contribution in [0.15, 0.2) is 23.1 Å². The fraction of sp³-hybridized carbons (Fsp3) is 0.250. The summed E-state index contributed by atoms with van der Waals surface area (Å²) in [6.45, 7) is 5.18. The van der Waals surface area contributed by atoms with E-state index in [1.54, 1.807) is 39.0 Å². The first-order chi connectivity index (χ1) is 8.83. The topological polar surface area (TPSA) is 101 Å². The molecule has 0 amide bonds. The van der Waals surface area contributed by atoms with Crippen LogP contribution < -0.4 is 10.5 Å². The Morgan fingerprint density at radius 2 is 1.95 bits per heavy atom. The number of nitrogens with one attached hydrogen (secondary N) is 2. The van der Waals surface area contributed by atoms with E-state index in [0.29, 0.717) is 22.6 Å². The van der Waals surface area contributed by atoms with E-state index >= 15 is 0 Å². The number of hydrogen-bond acceptors (Lipinski definition) is 4. The van der Waals surface area contributed by atoms with Crippen molar-refractivity contribution in [3.63, 3.8) is 0 Å². The second-order valence-corrected chi connectivity index (χ2v) is 6.03. The van der Waals surface area contributed by atoms with E-state index in [2.05, 4.69) is 14.9 Å². The molecule has 6 nitrogen and oxygen atoms in total. The number of sulfonamides is 1. The molecule has 0 atom stereocenters. The van der Waals surface area contributed by atoms with Gasteiger partial charge in [-0.25, -0.2) is 8.42 Å². The van der Waals surface area contributed by atoms with Gasteiger partial charge >= 0.3 is 0 Å². The number of nitrogens with two attached hydrogens (primary N) is 1. The molecular weight excluding hydrogens is 264 g/mol. The number of rotatable bonds is 3. The second-order valence-electron chi connectivity index (χ2n) is 4.41. The molecule has 0 saturated heterocycles. The van der Waals surface area contributed by atoms with Gasteiger partial charge in [-0.05, 0) is 32.4 Å². The van der Waals surface area contributed by atoms with Crippen molar-refractivity contribution in [1.82, 2.24) is 10.2 Å². The third-order valence-corrected chi connectivity index (χ3v) is 4.44. The molecule has 102 valence electrons. The fourth-order valence-electron chi connectivity index (χ4n) is 1.93. The average molecular weight is 280 g/mol. The summed E-state index contributed by atoms with van der Waals surface area (Å²) in [7, 11) is -3.72. The van der Waals surface area contributed by atoms with Crippen LogP contribution in [0.25, 0.3) is 0 Å². The fourth-order valence-corrected chi connectivity index (χ4v) is 3.47. The molecule has 0 aliphatic heterocycles. The van der Waals surface area contributed by atoms with Crippen molar-refractivity contribution >= 4 is 21.4 Å². The minimum absolute atomic E-state index is 0.106. The van der Waals surface area contributed by atoms with Gasteiger partial charge in [0.05, 0.1) is 22.8 Å². The number of aryl methyl sites for hydroxylation is 3. The molecule has 4 N–H and O–H groups in total. The van der Waals surface area contributed by atoms with E-state index < -0.39 is 10.0 Å². The number of H-pyrrole nitrogens is 1. The molecule has 0 unspecified atom stereocenters. The Hall–Kier alpha value is -2.02. The third kappa shape index (κ3) is 2.41. The summed E-state index contributed by atoms with van der Waals surface area (Å²) in [5, 5.41) is 6.69. The highest BCUT2D eigenvalue weighted by atomic mass is 32.2. The van der Waals surface area contributed by atoms with Crippen LogP contribution >= 0.6 is 0 Å². The minimum atomic E-state index is -3.72. The predicted octanol–water partition coefficient (Wildman–Crippen LogP) is 1.72. The van der Waals surface area contributed by atoms with Crippen molar-refractivity contribution in [2.75, 3.05) is 10.5 Å². The molecule has 2 aromatic rings. The van der Waals surface area contributed by atoms with Gasteiger partial charge in [0.1, 0.15) is 4.90 Å². The number of nitrogens with zero attached hydrogens (tertiary/aromatic N) is 1. The number of aromatic nitrogens is 2. The number of hydrogen-bond donors (Lipinski definition) is 3. The first-order valence-electron chi connectivity index (χ1n) is 5.72. The zero-order valence-electron chi connectivity index (χ0n) is 11.0. The molecule has 0 fully saturated rings. The Bertz CT molecular complexity index is 680. The number of benzene rings is 1. The van der Waals surface area contributed by atoms with Crippen molar-refractivity contribution < 1.29 is 8.42 Å². The zero-order chi connectivity index (χ0) is 14.2. The van der Waals surface area contributed by atoms with Crippen molar-refractivity contribution in [2.45, 2.75) is 25.7 Å². The van der Waals surface area contributed by atoms with E-state index in [-0.39, 0.29) is 10.6 Å². The van der Waals surface area contributed by atoms with E-state index in [0.717, 1.165) is 0 Å². The van der Waals surface area contributed by atoms with Crippen molar-refractivity contribution in [3.05, 3.63) is 35.2 Å². The smallest absolute Gasteiger partial charge is 0.264 e. The molecular formula is C12H16N4O2S. The first-order valence-corrected chi connectivity index (χ1v) is 7.20. The molecule has 0 spiro atoms. The molecule has 7 heteroatoms. The van der Waals surface area contributed by atoms with Crippen LogP contribution in [-0.2, 0) is 10.0 Å². The SMILES string of the molecule is Cc1cccc(N)c1S(=O)(=O)Nc1c(C)n[nH]c1C. The van der Waals surface area contributed by atoms with Crippen LogP contribution in [0.3, 0.4) is 0 Å². The van der Waals surface area contributed by atoms with Crippen molar-refractivity contribution in [1.29, 1.82) is 0 Å².